The molecule has 0 atom stereocenters. The molecule has 0 aromatic heterocycles. The fraction of sp³-hybridized carbons (Fsp3) is 0.216. The van der Waals surface area contributed by atoms with Crippen molar-refractivity contribution in [1.82, 2.24) is 4.90 Å². The van der Waals surface area contributed by atoms with Crippen molar-refractivity contribution in [2.24, 2.45) is 0 Å². The fourth-order valence-corrected chi connectivity index (χ4v) is 6.50. The SMILES string of the molecule is CN(C)CCC=C1c2ccccc2Sc2ccc(Cl)cc21.COc1cc(C)c(C(=O)Oc2cc(C)c(O)c(C(=O)O)c2C)c(O)c1C=O.Cl. The van der Waals surface area contributed by atoms with Crippen molar-refractivity contribution in [2.75, 3.05) is 27.7 Å². The normalized spacial score (nSPS) is 12.2. The molecule has 9 nitrogen and oxygen atoms in total. The van der Waals surface area contributed by atoms with Gasteiger partial charge in [0.25, 0.3) is 0 Å². The van der Waals surface area contributed by atoms with Gasteiger partial charge in [0.05, 0.1) is 12.7 Å². The molecule has 4 aromatic carbocycles. The van der Waals surface area contributed by atoms with Gasteiger partial charge in [0.15, 0.2) is 6.29 Å². The van der Waals surface area contributed by atoms with Crippen LogP contribution in [0.5, 0.6) is 23.0 Å². The minimum absolute atomic E-state index is 0. The first-order valence-corrected chi connectivity index (χ1v) is 16.0. The smallest absolute Gasteiger partial charge is 0.347 e. The molecule has 0 radical (unpaired) electrons. The third-order valence-corrected chi connectivity index (χ3v) is 9.10. The number of methoxy groups -OCH3 is 1. The summed E-state index contributed by atoms with van der Waals surface area (Å²) in [6.45, 7) is 5.40. The molecule has 49 heavy (non-hydrogen) atoms. The zero-order valence-corrected chi connectivity index (χ0v) is 30.2. The van der Waals surface area contributed by atoms with Crippen molar-refractivity contribution in [3.05, 3.63) is 110 Å². The quantitative estimate of drug-likeness (QED) is 0.0814. The molecule has 258 valence electrons. The van der Waals surface area contributed by atoms with Gasteiger partial charge >= 0.3 is 11.9 Å². The Morgan fingerprint density at radius 3 is 2.18 bits per heavy atom. The Bertz CT molecular complexity index is 1940. The highest BCUT2D eigenvalue weighted by molar-refractivity contribution is 7.99. The summed E-state index contributed by atoms with van der Waals surface area (Å²) in [5.74, 6) is -3.38. The van der Waals surface area contributed by atoms with Gasteiger partial charge in [-0.1, -0.05) is 47.6 Å². The molecule has 0 spiro atoms. The number of carbonyl (C=O) groups is 3. The second-order valence-electron chi connectivity index (χ2n) is 11.3. The topological polar surface area (TPSA) is 134 Å². The molecule has 5 rings (SSSR count). The van der Waals surface area contributed by atoms with Crippen LogP contribution in [-0.4, -0.2) is 66.2 Å². The molecular weight excluding hydrogens is 689 g/mol. The van der Waals surface area contributed by atoms with E-state index < -0.39 is 23.4 Å². The lowest BCUT2D eigenvalue weighted by atomic mass is 9.96. The van der Waals surface area contributed by atoms with E-state index in [9.17, 15) is 29.7 Å². The Labute approximate surface area is 300 Å². The number of carbonyl (C=O) groups excluding carboxylic acids is 2. The first-order valence-electron chi connectivity index (χ1n) is 14.8. The van der Waals surface area contributed by atoms with Crippen LogP contribution in [0.15, 0.2) is 70.5 Å². The third-order valence-electron chi connectivity index (χ3n) is 7.71. The molecule has 0 saturated heterocycles. The number of hydrogen-bond acceptors (Lipinski definition) is 9. The number of halogens is 2. The predicted molar refractivity (Wildman–Crippen MR) is 194 cm³/mol. The standard InChI is InChI=1S/C19H18O8.C18H18ClNS.ClH/c1-8-5-13(26-4)11(7-20)17(22)14(8)19(25)27-12-6-9(2)16(21)15(10(12)3)18(23)24;1-20(2)11-5-7-14-15-6-3-4-8-17(15)21-18-10-9-13(19)12-16(14)18;/h5-7,21-22H,1-4H3,(H,23,24);3-4,6-10,12H,5,11H2,1-2H3;1H. The first-order chi connectivity index (χ1) is 22.8. The molecular formula is C37H37Cl2NO8S. The number of aromatic carboxylic acids is 1. The van der Waals surface area contributed by atoms with Gasteiger partial charge in [0.2, 0.25) is 0 Å². The van der Waals surface area contributed by atoms with Gasteiger partial charge in [-0.25, -0.2) is 9.59 Å². The molecule has 0 saturated carbocycles. The van der Waals surface area contributed by atoms with Crippen molar-refractivity contribution in [1.29, 1.82) is 0 Å². The number of phenols is 2. The average Bonchev–Trinajstić information content (AvgIpc) is 3.03. The van der Waals surface area contributed by atoms with Crippen molar-refractivity contribution >= 4 is 59.6 Å². The Hall–Kier alpha value is -4.48. The molecule has 12 heteroatoms. The van der Waals surface area contributed by atoms with Gasteiger partial charge < -0.3 is 29.7 Å². The highest BCUT2D eigenvalue weighted by atomic mass is 35.5. The Kier molecular flexibility index (Phi) is 13.3. The average molecular weight is 727 g/mol. The monoisotopic (exact) mass is 725 g/mol. The number of benzene rings is 4. The van der Waals surface area contributed by atoms with E-state index in [1.54, 1.807) is 0 Å². The second-order valence-corrected chi connectivity index (χ2v) is 12.9. The lowest BCUT2D eigenvalue weighted by Crippen LogP contribution is -2.14. The first kappa shape index (κ1) is 39.0. The Balaban J connectivity index is 0.000000267. The number of ether oxygens (including phenoxy) is 2. The summed E-state index contributed by atoms with van der Waals surface area (Å²) in [4.78, 5) is 40.0. The summed E-state index contributed by atoms with van der Waals surface area (Å²) < 4.78 is 10.3. The number of hydrogen-bond donors (Lipinski definition) is 3. The zero-order chi connectivity index (χ0) is 35.3. The number of aryl methyl sites for hydroxylation is 2. The highest BCUT2D eigenvalue weighted by Crippen LogP contribution is 2.46. The maximum atomic E-state index is 12.6. The number of fused-ring (bicyclic) bond motifs is 2. The lowest BCUT2D eigenvalue weighted by Gasteiger charge is -2.22. The fourth-order valence-electron chi connectivity index (χ4n) is 5.25. The van der Waals surface area contributed by atoms with Crippen molar-refractivity contribution in [3.63, 3.8) is 0 Å². The molecule has 4 aromatic rings. The summed E-state index contributed by atoms with van der Waals surface area (Å²) >= 11 is 8.03. The van der Waals surface area contributed by atoms with Crippen LogP contribution in [0.25, 0.3) is 5.57 Å². The van der Waals surface area contributed by atoms with Crippen LogP contribution in [0.4, 0.5) is 0 Å². The molecule has 0 unspecified atom stereocenters. The molecule has 0 amide bonds. The number of esters is 1. The molecule has 1 aliphatic heterocycles. The van der Waals surface area contributed by atoms with Crippen LogP contribution < -0.4 is 9.47 Å². The van der Waals surface area contributed by atoms with Gasteiger partial charge in [0.1, 0.15) is 34.1 Å². The number of nitrogens with zero attached hydrogens (tertiary/aromatic N) is 1. The molecule has 0 fully saturated rings. The Morgan fingerprint density at radius 1 is 0.898 bits per heavy atom. The van der Waals surface area contributed by atoms with E-state index in [4.69, 9.17) is 21.1 Å². The molecule has 1 heterocycles. The minimum Gasteiger partial charge on any atom is -0.507 e. The van der Waals surface area contributed by atoms with Crippen LogP contribution in [-0.2, 0) is 0 Å². The van der Waals surface area contributed by atoms with E-state index in [1.165, 1.54) is 66.5 Å². The summed E-state index contributed by atoms with van der Waals surface area (Å²) in [5.41, 5.74) is 3.57. The largest absolute Gasteiger partial charge is 0.507 e. The van der Waals surface area contributed by atoms with Crippen molar-refractivity contribution < 1.29 is 39.2 Å². The number of carboxylic acid groups (broad SMARTS) is 1. The van der Waals surface area contributed by atoms with E-state index in [0.29, 0.717) is 11.8 Å². The maximum Gasteiger partial charge on any atom is 0.347 e. The van der Waals surface area contributed by atoms with E-state index in [2.05, 4.69) is 61.5 Å². The predicted octanol–water partition coefficient (Wildman–Crippen LogP) is 8.37. The van der Waals surface area contributed by atoms with Gasteiger partial charge in [-0.05, 0) is 106 Å². The van der Waals surface area contributed by atoms with Crippen LogP contribution in [0.2, 0.25) is 5.02 Å². The summed E-state index contributed by atoms with van der Waals surface area (Å²) in [6.07, 6.45) is 3.73. The van der Waals surface area contributed by atoms with Crippen molar-refractivity contribution in [2.45, 2.75) is 37.0 Å². The number of phenolic OH excluding ortho intramolecular Hbond substituents is 1. The molecule has 1 aliphatic rings. The number of aldehydes is 1. The van der Waals surface area contributed by atoms with Crippen LogP contribution in [0, 0.1) is 20.8 Å². The van der Waals surface area contributed by atoms with Crippen LogP contribution >= 0.6 is 35.8 Å². The number of aromatic hydroxyl groups is 2. The Morgan fingerprint density at radius 2 is 1.55 bits per heavy atom. The van der Waals surface area contributed by atoms with Gasteiger partial charge in [0, 0.05) is 26.9 Å². The molecule has 0 bridgehead atoms. The van der Waals surface area contributed by atoms with Gasteiger partial charge in [-0.3, -0.25) is 4.79 Å². The number of carboxylic acids is 1. The second kappa shape index (κ2) is 16.8. The zero-order valence-electron chi connectivity index (χ0n) is 27.8. The molecule has 3 N–H and O–H groups in total. The lowest BCUT2D eigenvalue weighted by molar-refractivity contribution is 0.0681. The third kappa shape index (κ3) is 8.58. The highest BCUT2D eigenvalue weighted by Gasteiger charge is 2.26. The van der Waals surface area contributed by atoms with Gasteiger partial charge in [-0.15, -0.1) is 12.4 Å². The van der Waals surface area contributed by atoms with Crippen LogP contribution in [0.1, 0.15) is 65.3 Å². The van der Waals surface area contributed by atoms with E-state index in [1.807, 2.05) is 17.8 Å². The van der Waals surface area contributed by atoms with E-state index in [-0.39, 0.29) is 51.7 Å². The minimum atomic E-state index is -1.38. The van der Waals surface area contributed by atoms with Crippen LogP contribution in [0.3, 0.4) is 0 Å². The van der Waals surface area contributed by atoms with Crippen molar-refractivity contribution in [3.8, 4) is 23.0 Å². The summed E-state index contributed by atoms with van der Waals surface area (Å²) in [5, 5.41) is 30.3. The summed E-state index contributed by atoms with van der Waals surface area (Å²) in [6, 6.07) is 17.5. The van der Waals surface area contributed by atoms with E-state index in [0.717, 1.165) is 18.0 Å². The molecule has 0 aliphatic carbocycles. The van der Waals surface area contributed by atoms with Gasteiger partial charge in [-0.2, -0.15) is 0 Å². The number of rotatable bonds is 8. The summed E-state index contributed by atoms with van der Waals surface area (Å²) in [7, 11) is 5.52. The maximum absolute atomic E-state index is 12.6. The van der Waals surface area contributed by atoms with E-state index >= 15 is 0 Å².